The Kier molecular flexibility index (Phi) is 2.74. The van der Waals surface area contributed by atoms with Crippen LogP contribution in [0.15, 0.2) is 0 Å². The highest BCUT2D eigenvalue weighted by atomic mass is 31.2. The van der Waals surface area contributed by atoms with Crippen molar-refractivity contribution in [2.24, 2.45) is 5.92 Å². The van der Waals surface area contributed by atoms with Gasteiger partial charge in [0.1, 0.15) is 0 Å². The van der Waals surface area contributed by atoms with Crippen LogP contribution in [0, 0.1) is 5.92 Å². The van der Waals surface area contributed by atoms with Crippen LogP contribution in [0.3, 0.4) is 0 Å². The molecular weight excluding hydrogens is 163 g/mol. The molecule has 1 aliphatic rings. The summed E-state index contributed by atoms with van der Waals surface area (Å²) in [6.45, 7) is 1.93. The number of rotatable bonds is 1. The van der Waals surface area contributed by atoms with Crippen LogP contribution in [0.1, 0.15) is 32.6 Å². The van der Waals surface area contributed by atoms with Crippen molar-refractivity contribution >= 4 is 7.60 Å². The molecule has 1 rings (SSSR count). The molecule has 3 nitrogen and oxygen atoms in total. The van der Waals surface area contributed by atoms with Gasteiger partial charge in [-0.25, -0.2) is 0 Å². The Morgan fingerprint density at radius 3 is 2.18 bits per heavy atom. The molecule has 11 heavy (non-hydrogen) atoms. The molecule has 0 spiro atoms. The molecule has 0 heterocycles. The lowest BCUT2D eigenvalue weighted by atomic mass is 9.90. The van der Waals surface area contributed by atoms with Crippen LogP contribution in [0.4, 0.5) is 0 Å². The second-order valence-electron chi connectivity index (χ2n) is 3.42. The first-order valence-corrected chi connectivity index (χ1v) is 5.75. The van der Waals surface area contributed by atoms with Crippen molar-refractivity contribution in [3.05, 3.63) is 0 Å². The second kappa shape index (κ2) is 3.26. The van der Waals surface area contributed by atoms with Gasteiger partial charge in [-0.3, -0.25) is 4.57 Å². The van der Waals surface area contributed by atoms with E-state index >= 15 is 0 Å². The summed E-state index contributed by atoms with van der Waals surface area (Å²) in [7, 11) is -3.80. The molecule has 0 aliphatic heterocycles. The molecule has 0 radical (unpaired) electrons. The number of hydrogen-bond acceptors (Lipinski definition) is 1. The molecule has 1 fully saturated rings. The van der Waals surface area contributed by atoms with Crippen LogP contribution in [-0.2, 0) is 4.57 Å². The van der Waals surface area contributed by atoms with Gasteiger partial charge in [0.05, 0.1) is 5.66 Å². The molecule has 0 aromatic carbocycles. The molecule has 1 saturated carbocycles. The van der Waals surface area contributed by atoms with Gasteiger partial charge in [-0.15, -0.1) is 0 Å². The molecule has 0 aromatic heterocycles. The summed E-state index contributed by atoms with van der Waals surface area (Å²) in [4.78, 5) is 17.8. The standard InChI is InChI=1S/C7H15O3P/c1-6-4-2-3-5-7(6)11(8,9)10/h6-7H,2-5H2,1H3,(H2,8,9,10). The minimum absolute atomic E-state index is 0.199. The highest BCUT2D eigenvalue weighted by molar-refractivity contribution is 7.52. The maximum atomic E-state index is 10.9. The Balaban J connectivity index is 2.62. The lowest BCUT2D eigenvalue weighted by molar-refractivity contribution is 0.300. The van der Waals surface area contributed by atoms with E-state index in [1.54, 1.807) is 0 Å². The van der Waals surface area contributed by atoms with E-state index in [2.05, 4.69) is 0 Å². The van der Waals surface area contributed by atoms with Crippen molar-refractivity contribution < 1.29 is 14.4 Å². The van der Waals surface area contributed by atoms with Crippen molar-refractivity contribution in [3.8, 4) is 0 Å². The summed E-state index contributed by atoms with van der Waals surface area (Å²) in [5.74, 6) is 0.199. The van der Waals surface area contributed by atoms with Crippen LogP contribution in [0.2, 0.25) is 0 Å². The van der Waals surface area contributed by atoms with Crippen LogP contribution in [-0.4, -0.2) is 15.4 Å². The molecule has 1 aliphatic carbocycles. The summed E-state index contributed by atoms with van der Waals surface area (Å²) in [6.07, 6.45) is 3.76. The van der Waals surface area contributed by atoms with Crippen molar-refractivity contribution in [1.29, 1.82) is 0 Å². The van der Waals surface area contributed by atoms with Crippen LogP contribution in [0.5, 0.6) is 0 Å². The van der Waals surface area contributed by atoms with E-state index in [4.69, 9.17) is 9.79 Å². The average molecular weight is 178 g/mol. The van der Waals surface area contributed by atoms with Gasteiger partial charge in [-0.1, -0.05) is 19.8 Å². The van der Waals surface area contributed by atoms with Gasteiger partial charge < -0.3 is 9.79 Å². The van der Waals surface area contributed by atoms with Gasteiger partial charge in [0, 0.05) is 0 Å². The maximum Gasteiger partial charge on any atom is 0.328 e. The van der Waals surface area contributed by atoms with Crippen LogP contribution >= 0.6 is 7.60 Å². The zero-order valence-corrected chi connectivity index (χ0v) is 7.63. The lowest BCUT2D eigenvalue weighted by Crippen LogP contribution is -2.22. The molecule has 4 heteroatoms. The third kappa shape index (κ3) is 2.29. The Hall–Kier alpha value is 0.150. The largest absolute Gasteiger partial charge is 0.328 e. The normalized spacial score (nSPS) is 33.7. The molecule has 66 valence electrons. The van der Waals surface area contributed by atoms with E-state index < -0.39 is 7.60 Å². The molecule has 2 unspecified atom stereocenters. The predicted molar refractivity (Wildman–Crippen MR) is 43.5 cm³/mol. The Labute approximate surface area is 67.0 Å². The van der Waals surface area contributed by atoms with Gasteiger partial charge in [-0.05, 0) is 18.8 Å². The molecule has 0 aromatic rings. The van der Waals surface area contributed by atoms with Crippen LogP contribution < -0.4 is 0 Å². The van der Waals surface area contributed by atoms with Gasteiger partial charge in [-0.2, -0.15) is 0 Å². The summed E-state index contributed by atoms with van der Waals surface area (Å²) in [6, 6.07) is 0. The van der Waals surface area contributed by atoms with Crippen molar-refractivity contribution in [2.75, 3.05) is 0 Å². The van der Waals surface area contributed by atoms with Gasteiger partial charge in [0.2, 0.25) is 0 Å². The molecule has 0 bridgehead atoms. The van der Waals surface area contributed by atoms with Crippen LogP contribution in [0.25, 0.3) is 0 Å². The fourth-order valence-electron chi connectivity index (χ4n) is 1.80. The predicted octanol–water partition coefficient (Wildman–Crippen LogP) is 1.74. The summed E-state index contributed by atoms with van der Waals surface area (Å²) >= 11 is 0. The zero-order chi connectivity index (χ0) is 8.48. The van der Waals surface area contributed by atoms with E-state index in [1.165, 1.54) is 0 Å². The second-order valence-corrected chi connectivity index (χ2v) is 5.26. The fraction of sp³-hybridized carbons (Fsp3) is 1.00. The van der Waals surface area contributed by atoms with E-state index in [0.29, 0.717) is 6.42 Å². The highest BCUT2D eigenvalue weighted by Gasteiger charge is 2.34. The van der Waals surface area contributed by atoms with Crippen molar-refractivity contribution in [3.63, 3.8) is 0 Å². The zero-order valence-electron chi connectivity index (χ0n) is 6.73. The van der Waals surface area contributed by atoms with E-state index in [1.807, 2.05) is 6.92 Å². The monoisotopic (exact) mass is 178 g/mol. The first-order valence-electron chi connectivity index (χ1n) is 4.07. The maximum absolute atomic E-state index is 10.9. The van der Waals surface area contributed by atoms with Gasteiger partial charge in [0.15, 0.2) is 0 Å². The van der Waals surface area contributed by atoms with E-state index in [-0.39, 0.29) is 11.6 Å². The highest BCUT2D eigenvalue weighted by Crippen LogP contribution is 2.50. The molecule has 0 amide bonds. The topological polar surface area (TPSA) is 57.5 Å². The summed E-state index contributed by atoms with van der Waals surface area (Å²) in [5, 5.41) is 0. The van der Waals surface area contributed by atoms with Gasteiger partial charge >= 0.3 is 7.60 Å². The third-order valence-corrected chi connectivity index (χ3v) is 4.13. The van der Waals surface area contributed by atoms with E-state index in [9.17, 15) is 4.57 Å². The van der Waals surface area contributed by atoms with Gasteiger partial charge in [0.25, 0.3) is 0 Å². The Bertz CT molecular complexity index is 175. The first-order chi connectivity index (χ1) is 5.02. The third-order valence-electron chi connectivity index (χ3n) is 2.50. The minimum atomic E-state index is -3.80. The smallest absolute Gasteiger partial charge is 0.324 e. The van der Waals surface area contributed by atoms with Crippen molar-refractivity contribution in [2.45, 2.75) is 38.3 Å². The van der Waals surface area contributed by atoms with E-state index in [0.717, 1.165) is 19.3 Å². The summed E-state index contributed by atoms with van der Waals surface area (Å²) < 4.78 is 10.9. The minimum Gasteiger partial charge on any atom is -0.324 e. The first kappa shape index (κ1) is 9.24. The van der Waals surface area contributed by atoms with Crippen molar-refractivity contribution in [1.82, 2.24) is 0 Å². The lowest BCUT2D eigenvalue weighted by Gasteiger charge is -2.28. The SMILES string of the molecule is CC1CCCCC1P(=O)(O)O. The summed E-state index contributed by atoms with van der Waals surface area (Å²) in [5.41, 5.74) is -0.365. The Morgan fingerprint density at radius 2 is 1.82 bits per heavy atom. The molecular formula is C7H15O3P. The quantitative estimate of drug-likeness (QED) is 0.601. The molecule has 2 atom stereocenters. The number of hydrogen-bond donors (Lipinski definition) is 2. The molecule has 0 saturated heterocycles. The Morgan fingerprint density at radius 1 is 1.27 bits per heavy atom. The average Bonchev–Trinajstić information content (AvgIpc) is 1.86. The fourth-order valence-corrected chi connectivity index (χ4v) is 3.13. The molecule has 2 N–H and O–H groups in total.